The van der Waals surface area contributed by atoms with Crippen LogP contribution < -0.4 is 15.4 Å². The summed E-state index contributed by atoms with van der Waals surface area (Å²) in [6.07, 6.45) is 3.04. The molecule has 1 aromatic rings. The van der Waals surface area contributed by atoms with Crippen LogP contribution in [0.15, 0.2) is 29.2 Å². The molecule has 6 nitrogen and oxygen atoms in total. The minimum Gasteiger partial charge on any atom is -0.355 e. The number of sulfonamides is 1. The van der Waals surface area contributed by atoms with Gasteiger partial charge in [0.05, 0.1) is 4.90 Å². The summed E-state index contributed by atoms with van der Waals surface area (Å²) in [7, 11) is -1.98. The zero-order valence-corrected chi connectivity index (χ0v) is 12.9. The summed E-state index contributed by atoms with van der Waals surface area (Å²) in [4.78, 5) is 11.6. The Hall–Kier alpha value is -1.44. The van der Waals surface area contributed by atoms with E-state index in [4.69, 9.17) is 0 Å². The lowest BCUT2D eigenvalue weighted by molar-refractivity contribution is 0.0963. The summed E-state index contributed by atoms with van der Waals surface area (Å²) in [5.41, 5.74) is 0.437. The summed E-state index contributed by atoms with van der Waals surface area (Å²) in [5.74, 6) is -0.237. The molecule has 116 valence electrons. The van der Waals surface area contributed by atoms with Gasteiger partial charge in [-0.15, -0.1) is 0 Å². The molecule has 0 radical (unpaired) electrons. The Balaban J connectivity index is 1.93. The van der Waals surface area contributed by atoms with Crippen molar-refractivity contribution in [2.24, 2.45) is 0 Å². The molecule has 0 spiro atoms. The molecule has 1 heterocycles. The fourth-order valence-electron chi connectivity index (χ4n) is 2.38. The van der Waals surface area contributed by atoms with Gasteiger partial charge in [0.25, 0.3) is 5.91 Å². The molecule has 21 heavy (non-hydrogen) atoms. The van der Waals surface area contributed by atoms with Gasteiger partial charge in [-0.25, -0.2) is 13.1 Å². The average molecular weight is 311 g/mol. The molecule has 1 unspecified atom stereocenters. The van der Waals surface area contributed by atoms with Crippen LogP contribution in [0.25, 0.3) is 0 Å². The van der Waals surface area contributed by atoms with Crippen LogP contribution in [0.3, 0.4) is 0 Å². The number of amides is 1. The van der Waals surface area contributed by atoms with Crippen molar-refractivity contribution >= 4 is 15.9 Å². The Bertz CT molecular complexity index is 578. The third-order valence-corrected chi connectivity index (χ3v) is 5.08. The molecule has 0 aliphatic carbocycles. The van der Waals surface area contributed by atoms with Gasteiger partial charge in [0.1, 0.15) is 0 Å². The van der Waals surface area contributed by atoms with Gasteiger partial charge in [-0.05, 0) is 50.1 Å². The highest BCUT2D eigenvalue weighted by Crippen LogP contribution is 2.12. The van der Waals surface area contributed by atoms with Crippen LogP contribution in [0.1, 0.15) is 29.6 Å². The van der Waals surface area contributed by atoms with Gasteiger partial charge in [-0.2, -0.15) is 0 Å². The van der Waals surface area contributed by atoms with E-state index in [1.807, 2.05) is 0 Å². The van der Waals surface area contributed by atoms with E-state index in [9.17, 15) is 13.2 Å². The summed E-state index contributed by atoms with van der Waals surface area (Å²) >= 11 is 0. The largest absolute Gasteiger partial charge is 0.355 e. The number of rotatable bonds is 6. The zero-order chi connectivity index (χ0) is 15.3. The summed E-state index contributed by atoms with van der Waals surface area (Å²) in [6, 6.07) is 6.31. The quantitative estimate of drug-likeness (QED) is 0.712. The van der Waals surface area contributed by atoms with E-state index >= 15 is 0 Å². The fourth-order valence-corrected chi connectivity index (χ4v) is 3.43. The number of hydrogen-bond donors (Lipinski definition) is 3. The Morgan fingerprint density at radius 2 is 2.05 bits per heavy atom. The summed E-state index contributed by atoms with van der Waals surface area (Å²) in [5, 5.41) is 5.82. The maximum atomic E-state index is 12.1. The highest BCUT2D eigenvalue weighted by Gasteiger charge is 2.17. The van der Waals surface area contributed by atoms with E-state index < -0.39 is 10.0 Å². The molecule has 1 aromatic carbocycles. The van der Waals surface area contributed by atoms with Gasteiger partial charge in [0, 0.05) is 25.2 Å². The molecule has 1 atom stereocenters. The van der Waals surface area contributed by atoms with Crippen molar-refractivity contribution < 1.29 is 13.2 Å². The lowest BCUT2D eigenvalue weighted by Gasteiger charge is -2.11. The number of carbonyl (C=O) groups excluding carboxylic acids is 1. The van der Waals surface area contributed by atoms with Crippen LogP contribution in [-0.2, 0) is 10.0 Å². The van der Waals surface area contributed by atoms with E-state index in [2.05, 4.69) is 15.4 Å². The predicted octanol–water partition coefficient (Wildman–Crippen LogP) is 0.467. The first-order valence-corrected chi connectivity index (χ1v) is 8.56. The Labute approximate surface area is 125 Å². The SMILES string of the molecule is CNC(=O)c1ccc(S(=O)(=O)NCCC2CCCN2)cc1. The van der Waals surface area contributed by atoms with Crippen LogP contribution in [0.4, 0.5) is 0 Å². The van der Waals surface area contributed by atoms with Crippen molar-refractivity contribution in [3.05, 3.63) is 29.8 Å². The van der Waals surface area contributed by atoms with Crippen molar-refractivity contribution in [1.29, 1.82) is 0 Å². The van der Waals surface area contributed by atoms with Gasteiger partial charge in [-0.1, -0.05) is 0 Å². The van der Waals surface area contributed by atoms with E-state index in [-0.39, 0.29) is 10.8 Å². The van der Waals surface area contributed by atoms with Crippen LogP contribution in [-0.4, -0.2) is 40.5 Å². The standard InChI is InChI=1S/C14H21N3O3S/c1-15-14(18)11-4-6-13(7-5-11)21(19,20)17-10-8-12-3-2-9-16-12/h4-7,12,16-17H,2-3,8-10H2,1H3,(H,15,18). The molecule has 0 saturated carbocycles. The number of benzene rings is 1. The maximum absolute atomic E-state index is 12.1. The van der Waals surface area contributed by atoms with Crippen LogP contribution in [0.2, 0.25) is 0 Å². The molecule has 1 aliphatic heterocycles. The lowest BCUT2D eigenvalue weighted by atomic mass is 10.2. The van der Waals surface area contributed by atoms with Crippen LogP contribution >= 0.6 is 0 Å². The Morgan fingerprint density at radius 1 is 1.33 bits per heavy atom. The molecule has 7 heteroatoms. The molecule has 1 saturated heterocycles. The van der Waals surface area contributed by atoms with E-state index in [0.717, 1.165) is 25.8 Å². The van der Waals surface area contributed by atoms with Gasteiger partial charge in [0.15, 0.2) is 0 Å². The first-order chi connectivity index (χ1) is 10.0. The van der Waals surface area contributed by atoms with Gasteiger partial charge >= 0.3 is 0 Å². The summed E-state index contributed by atoms with van der Waals surface area (Å²) in [6.45, 7) is 1.43. The minimum atomic E-state index is -3.51. The number of nitrogens with one attached hydrogen (secondary N) is 3. The van der Waals surface area contributed by atoms with Crippen molar-refractivity contribution in [1.82, 2.24) is 15.4 Å². The predicted molar refractivity (Wildman–Crippen MR) is 80.7 cm³/mol. The highest BCUT2D eigenvalue weighted by atomic mass is 32.2. The van der Waals surface area contributed by atoms with Crippen molar-refractivity contribution in [3.8, 4) is 0 Å². The monoisotopic (exact) mass is 311 g/mol. The first-order valence-electron chi connectivity index (χ1n) is 7.08. The fraction of sp³-hybridized carbons (Fsp3) is 0.500. The molecule has 3 N–H and O–H groups in total. The normalized spacial score (nSPS) is 18.6. The van der Waals surface area contributed by atoms with Crippen LogP contribution in [0.5, 0.6) is 0 Å². The van der Waals surface area contributed by atoms with Gasteiger partial charge < -0.3 is 10.6 Å². The second kappa shape index (κ2) is 7.02. The zero-order valence-electron chi connectivity index (χ0n) is 12.1. The molecule has 2 rings (SSSR count). The minimum absolute atomic E-state index is 0.175. The maximum Gasteiger partial charge on any atom is 0.251 e. The van der Waals surface area contributed by atoms with Crippen molar-refractivity contribution in [3.63, 3.8) is 0 Å². The second-order valence-electron chi connectivity index (χ2n) is 5.08. The smallest absolute Gasteiger partial charge is 0.251 e. The first kappa shape index (κ1) is 15.9. The van der Waals surface area contributed by atoms with E-state index in [1.165, 1.54) is 31.3 Å². The Morgan fingerprint density at radius 3 is 2.62 bits per heavy atom. The third kappa shape index (κ3) is 4.26. The third-order valence-electron chi connectivity index (χ3n) is 3.60. The molecule has 1 amide bonds. The molecule has 0 bridgehead atoms. The van der Waals surface area contributed by atoms with Gasteiger partial charge in [-0.3, -0.25) is 4.79 Å². The molecule has 1 fully saturated rings. The number of carbonyl (C=O) groups is 1. The van der Waals surface area contributed by atoms with Gasteiger partial charge in [0.2, 0.25) is 10.0 Å². The van der Waals surface area contributed by atoms with E-state index in [0.29, 0.717) is 18.2 Å². The van der Waals surface area contributed by atoms with Crippen molar-refractivity contribution in [2.45, 2.75) is 30.2 Å². The van der Waals surface area contributed by atoms with Crippen LogP contribution in [0, 0.1) is 0 Å². The lowest BCUT2D eigenvalue weighted by Crippen LogP contribution is -2.30. The second-order valence-corrected chi connectivity index (χ2v) is 6.85. The topological polar surface area (TPSA) is 87.3 Å². The van der Waals surface area contributed by atoms with Crippen molar-refractivity contribution in [2.75, 3.05) is 20.1 Å². The summed E-state index contributed by atoms with van der Waals surface area (Å²) < 4.78 is 26.8. The highest BCUT2D eigenvalue weighted by molar-refractivity contribution is 7.89. The molecule has 1 aliphatic rings. The molecule has 0 aromatic heterocycles. The number of hydrogen-bond acceptors (Lipinski definition) is 4. The van der Waals surface area contributed by atoms with E-state index in [1.54, 1.807) is 0 Å². The average Bonchev–Trinajstić information content (AvgIpc) is 2.99. The Kier molecular flexibility index (Phi) is 5.33. The molecular formula is C14H21N3O3S. The molecular weight excluding hydrogens is 290 g/mol.